The number of aromatic nitrogens is 2. The maximum Gasteiger partial charge on any atom is 0.354 e. The predicted octanol–water partition coefficient (Wildman–Crippen LogP) is 2.47. The fraction of sp³-hybridized carbons (Fsp3) is 0.545. The van der Waals surface area contributed by atoms with Crippen molar-refractivity contribution in [2.75, 3.05) is 5.75 Å². The molecule has 92 valence electrons. The number of thioether (sulfide) groups is 2. The van der Waals surface area contributed by atoms with E-state index in [2.05, 4.69) is 23.8 Å². The lowest BCUT2D eigenvalue weighted by atomic mass is 10.3. The molecule has 0 spiro atoms. The SMILES string of the molecule is CC1SCC(c2nccc(C(=O)O)n2)SC1C. The van der Waals surface area contributed by atoms with Crippen molar-refractivity contribution in [3.63, 3.8) is 0 Å². The first-order valence-electron chi connectivity index (χ1n) is 5.41. The normalized spacial score (nSPS) is 28.9. The summed E-state index contributed by atoms with van der Waals surface area (Å²) in [6, 6.07) is 1.43. The fourth-order valence-corrected chi connectivity index (χ4v) is 4.42. The van der Waals surface area contributed by atoms with Gasteiger partial charge in [0, 0.05) is 22.4 Å². The number of aromatic carboxylic acids is 1. The van der Waals surface area contributed by atoms with Gasteiger partial charge in [0.05, 0.1) is 5.25 Å². The Morgan fingerprint density at radius 1 is 1.47 bits per heavy atom. The summed E-state index contributed by atoms with van der Waals surface area (Å²) in [5.74, 6) is 0.587. The first-order valence-corrected chi connectivity index (χ1v) is 7.40. The maximum absolute atomic E-state index is 10.9. The quantitative estimate of drug-likeness (QED) is 0.890. The summed E-state index contributed by atoms with van der Waals surface area (Å²) < 4.78 is 0. The molecule has 1 aliphatic rings. The summed E-state index contributed by atoms with van der Waals surface area (Å²) in [7, 11) is 0. The molecule has 1 saturated heterocycles. The van der Waals surface area contributed by atoms with Gasteiger partial charge in [-0.3, -0.25) is 0 Å². The minimum Gasteiger partial charge on any atom is -0.477 e. The van der Waals surface area contributed by atoms with Crippen LogP contribution < -0.4 is 0 Å². The van der Waals surface area contributed by atoms with Crippen LogP contribution in [-0.4, -0.2) is 37.3 Å². The summed E-state index contributed by atoms with van der Waals surface area (Å²) >= 11 is 3.72. The van der Waals surface area contributed by atoms with E-state index in [0.717, 1.165) is 5.75 Å². The molecule has 0 aliphatic carbocycles. The van der Waals surface area contributed by atoms with Gasteiger partial charge in [-0.05, 0) is 6.07 Å². The van der Waals surface area contributed by atoms with E-state index in [1.165, 1.54) is 12.3 Å². The van der Waals surface area contributed by atoms with Gasteiger partial charge >= 0.3 is 5.97 Å². The molecule has 0 aromatic carbocycles. The largest absolute Gasteiger partial charge is 0.477 e. The highest BCUT2D eigenvalue weighted by Crippen LogP contribution is 2.43. The van der Waals surface area contributed by atoms with E-state index >= 15 is 0 Å². The van der Waals surface area contributed by atoms with E-state index < -0.39 is 5.97 Å². The summed E-state index contributed by atoms with van der Waals surface area (Å²) in [6.45, 7) is 4.41. The van der Waals surface area contributed by atoms with Crippen LogP contribution in [0.2, 0.25) is 0 Å². The summed E-state index contributed by atoms with van der Waals surface area (Å²) in [5.41, 5.74) is 0.0758. The molecule has 0 radical (unpaired) electrons. The number of rotatable bonds is 2. The lowest BCUT2D eigenvalue weighted by Crippen LogP contribution is -2.23. The van der Waals surface area contributed by atoms with Crippen LogP contribution >= 0.6 is 23.5 Å². The molecule has 0 saturated carbocycles. The fourth-order valence-electron chi connectivity index (χ4n) is 1.57. The van der Waals surface area contributed by atoms with Gasteiger partial charge in [0.1, 0.15) is 5.82 Å². The van der Waals surface area contributed by atoms with Crippen molar-refractivity contribution < 1.29 is 9.90 Å². The highest BCUT2D eigenvalue weighted by molar-refractivity contribution is 8.07. The van der Waals surface area contributed by atoms with E-state index in [1.54, 1.807) is 0 Å². The lowest BCUT2D eigenvalue weighted by Gasteiger charge is -2.30. The molecule has 3 atom stereocenters. The smallest absolute Gasteiger partial charge is 0.354 e. The molecule has 1 aromatic heterocycles. The molecule has 1 aromatic rings. The molecule has 2 rings (SSSR count). The van der Waals surface area contributed by atoms with Gasteiger partial charge in [0.15, 0.2) is 5.69 Å². The highest BCUT2D eigenvalue weighted by Gasteiger charge is 2.28. The molecule has 3 unspecified atom stereocenters. The summed E-state index contributed by atoms with van der Waals surface area (Å²) in [4.78, 5) is 19.2. The van der Waals surface area contributed by atoms with Gasteiger partial charge in [0.2, 0.25) is 0 Å². The minimum atomic E-state index is -0.997. The molecular weight excluding hydrogens is 256 g/mol. The van der Waals surface area contributed by atoms with Gasteiger partial charge in [-0.25, -0.2) is 14.8 Å². The molecule has 1 N–H and O–H groups in total. The van der Waals surface area contributed by atoms with Crippen molar-refractivity contribution in [3.05, 3.63) is 23.8 Å². The molecule has 2 heterocycles. The number of hydrogen-bond donors (Lipinski definition) is 1. The Labute approximate surface area is 109 Å². The summed E-state index contributed by atoms with van der Waals surface area (Å²) in [6.07, 6.45) is 1.53. The summed E-state index contributed by atoms with van der Waals surface area (Å²) in [5, 5.41) is 10.3. The number of carbonyl (C=O) groups is 1. The minimum absolute atomic E-state index is 0.0758. The van der Waals surface area contributed by atoms with Crippen LogP contribution in [0.4, 0.5) is 0 Å². The third-order valence-corrected chi connectivity index (χ3v) is 6.12. The second-order valence-corrected chi connectivity index (χ2v) is 6.97. The average molecular weight is 270 g/mol. The second-order valence-electron chi connectivity index (χ2n) is 3.97. The van der Waals surface area contributed by atoms with Crippen LogP contribution in [0.5, 0.6) is 0 Å². The molecule has 0 amide bonds. The number of hydrogen-bond acceptors (Lipinski definition) is 5. The molecule has 4 nitrogen and oxygen atoms in total. The van der Waals surface area contributed by atoms with E-state index in [0.29, 0.717) is 16.3 Å². The Kier molecular flexibility index (Phi) is 3.93. The zero-order chi connectivity index (χ0) is 12.4. The van der Waals surface area contributed by atoms with Gasteiger partial charge in [-0.1, -0.05) is 13.8 Å². The Balaban J connectivity index is 2.17. The first-order chi connectivity index (χ1) is 8.08. The van der Waals surface area contributed by atoms with Crippen LogP contribution in [0.1, 0.15) is 35.4 Å². The Bertz CT molecular complexity index is 428. The van der Waals surface area contributed by atoms with Crippen molar-refractivity contribution >= 4 is 29.5 Å². The molecule has 1 aliphatic heterocycles. The topological polar surface area (TPSA) is 63.1 Å². The van der Waals surface area contributed by atoms with E-state index in [4.69, 9.17) is 5.11 Å². The Morgan fingerprint density at radius 3 is 2.88 bits per heavy atom. The van der Waals surface area contributed by atoms with Crippen LogP contribution in [0.15, 0.2) is 12.3 Å². The molecule has 1 fully saturated rings. The van der Waals surface area contributed by atoms with Gasteiger partial charge < -0.3 is 5.11 Å². The third-order valence-electron chi connectivity index (χ3n) is 2.73. The third kappa shape index (κ3) is 2.93. The molecule has 6 heteroatoms. The van der Waals surface area contributed by atoms with Gasteiger partial charge in [-0.2, -0.15) is 11.8 Å². The first kappa shape index (κ1) is 12.7. The van der Waals surface area contributed by atoms with Crippen molar-refractivity contribution in [1.29, 1.82) is 0 Å². The molecule has 17 heavy (non-hydrogen) atoms. The monoisotopic (exact) mass is 270 g/mol. The highest BCUT2D eigenvalue weighted by atomic mass is 32.2. The van der Waals surface area contributed by atoms with Crippen molar-refractivity contribution in [2.45, 2.75) is 29.6 Å². The van der Waals surface area contributed by atoms with Gasteiger partial charge in [-0.15, -0.1) is 11.8 Å². The van der Waals surface area contributed by atoms with Crippen molar-refractivity contribution in [2.24, 2.45) is 0 Å². The zero-order valence-corrected chi connectivity index (χ0v) is 11.3. The molecular formula is C11H14N2O2S2. The molecule has 0 bridgehead atoms. The van der Waals surface area contributed by atoms with Crippen LogP contribution in [-0.2, 0) is 0 Å². The van der Waals surface area contributed by atoms with E-state index in [-0.39, 0.29) is 10.9 Å². The van der Waals surface area contributed by atoms with Crippen molar-refractivity contribution in [3.8, 4) is 0 Å². The lowest BCUT2D eigenvalue weighted by molar-refractivity contribution is 0.0690. The zero-order valence-electron chi connectivity index (χ0n) is 9.66. The second kappa shape index (κ2) is 5.27. The number of carboxylic acid groups (broad SMARTS) is 1. The number of carboxylic acids is 1. The average Bonchev–Trinajstić information content (AvgIpc) is 2.33. The number of nitrogens with zero attached hydrogens (tertiary/aromatic N) is 2. The van der Waals surface area contributed by atoms with Crippen molar-refractivity contribution in [1.82, 2.24) is 9.97 Å². The van der Waals surface area contributed by atoms with Crippen LogP contribution in [0.3, 0.4) is 0 Å². The van der Waals surface area contributed by atoms with E-state index in [9.17, 15) is 4.79 Å². The Morgan fingerprint density at radius 2 is 2.24 bits per heavy atom. The predicted molar refractivity (Wildman–Crippen MR) is 70.7 cm³/mol. The van der Waals surface area contributed by atoms with Crippen LogP contribution in [0, 0.1) is 0 Å². The Hall–Kier alpha value is -0.750. The van der Waals surface area contributed by atoms with E-state index in [1.807, 2.05) is 23.5 Å². The standard InChI is InChI=1S/C11H14N2O2S2/c1-6-7(2)17-9(5-16-6)10-12-4-3-8(13-10)11(14)15/h3-4,6-7,9H,5H2,1-2H3,(H,14,15). The maximum atomic E-state index is 10.9. The van der Waals surface area contributed by atoms with Gasteiger partial charge in [0.25, 0.3) is 0 Å². The van der Waals surface area contributed by atoms with Crippen LogP contribution in [0.25, 0.3) is 0 Å².